The number of carbonyl (C=O) groups is 2. The second-order valence-corrected chi connectivity index (χ2v) is 11.9. The molecule has 3 aliphatic rings. The van der Waals surface area contributed by atoms with Gasteiger partial charge in [-0.15, -0.1) is 0 Å². The van der Waals surface area contributed by atoms with Crippen LogP contribution >= 0.6 is 15.9 Å². The SMILES string of the molecule is Cn1c2c(c3c1-c1nc(-c4cccc(Br)c4)ncc1CC3)C(=O)NC1(C2)CN(C(=O)OC(C)(C)C)C1. The first-order valence-corrected chi connectivity index (χ1v) is 13.0. The molecule has 4 heterocycles. The Hall–Kier alpha value is -3.20. The summed E-state index contributed by atoms with van der Waals surface area (Å²) < 4.78 is 8.62. The number of aromatic nitrogens is 3. The van der Waals surface area contributed by atoms with Gasteiger partial charge in [-0.05, 0) is 56.9 Å². The van der Waals surface area contributed by atoms with E-state index >= 15 is 0 Å². The molecule has 3 aromatic rings. The van der Waals surface area contributed by atoms with E-state index in [-0.39, 0.29) is 12.0 Å². The van der Waals surface area contributed by atoms with Gasteiger partial charge < -0.3 is 19.5 Å². The Morgan fingerprint density at radius 3 is 2.72 bits per heavy atom. The predicted octanol–water partition coefficient (Wildman–Crippen LogP) is 4.29. The number of nitrogens with zero attached hydrogens (tertiary/aromatic N) is 4. The molecular formula is C27H28BrN5O3. The molecular weight excluding hydrogens is 522 g/mol. The summed E-state index contributed by atoms with van der Waals surface area (Å²) in [5.41, 5.74) is 5.72. The zero-order chi connectivity index (χ0) is 25.4. The van der Waals surface area contributed by atoms with Gasteiger partial charge in [0.2, 0.25) is 0 Å². The number of hydrogen-bond acceptors (Lipinski definition) is 5. The van der Waals surface area contributed by atoms with E-state index < -0.39 is 11.1 Å². The summed E-state index contributed by atoms with van der Waals surface area (Å²) in [6, 6.07) is 7.95. The molecule has 0 atom stereocenters. The molecule has 2 aromatic heterocycles. The van der Waals surface area contributed by atoms with Crippen molar-refractivity contribution < 1.29 is 14.3 Å². The molecule has 1 aromatic carbocycles. The minimum Gasteiger partial charge on any atom is -0.444 e. The van der Waals surface area contributed by atoms with Gasteiger partial charge in [0.05, 0.1) is 22.5 Å². The van der Waals surface area contributed by atoms with Crippen LogP contribution in [0.15, 0.2) is 34.9 Å². The molecule has 0 saturated carbocycles. The van der Waals surface area contributed by atoms with Crippen LogP contribution in [0.5, 0.6) is 0 Å². The summed E-state index contributed by atoms with van der Waals surface area (Å²) >= 11 is 3.53. The first-order valence-electron chi connectivity index (χ1n) is 12.2. The van der Waals surface area contributed by atoms with Crippen molar-refractivity contribution in [2.45, 2.75) is 51.2 Å². The Bertz CT molecular complexity index is 1430. The first-order chi connectivity index (χ1) is 17.0. The lowest BCUT2D eigenvalue weighted by atomic mass is 9.80. The highest BCUT2D eigenvalue weighted by molar-refractivity contribution is 9.10. The number of nitrogens with one attached hydrogen (secondary N) is 1. The van der Waals surface area contributed by atoms with Crippen LogP contribution in [0.3, 0.4) is 0 Å². The summed E-state index contributed by atoms with van der Waals surface area (Å²) in [4.78, 5) is 37.2. The molecule has 0 radical (unpaired) electrons. The monoisotopic (exact) mass is 549 g/mol. The fourth-order valence-corrected chi connectivity index (χ4v) is 6.04. The molecule has 6 rings (SSSR count). The van der Waals surface area contributed by atoms with Crippen molar-refractivity contribution in [3.05, 3.63) is 57.3 Å². The summed E-state index contributed by atoms with van der Waals surface area (Å²) in [5.74, 6) is 0.594. The van der Waals surface area contributed by atoms with Crippen LogP contribution in [0.2, 0.25) is 0 Å². The summed E-state index contributed by atoms with van der Waals surface area (Å²) in [6.07, 6.45) is 3.80. The fraction of sp³-hybridized carbons (Fsp3) is 0.407. The van der Waals surface area contributed by atoms with Crippen LogP contribution in [0.25, 0.3) is 22.8 Å². The van der Waals surface area contributed by atoms with E-state index in [2.05, 4.69) is 30.8 Å². The molecule has 2 aliphatic heterocycles. The third kappa shape index (κ3) is 3.72. The van der Waals surface area contributed by atoms with Gasteiger partial charge >= 0.3 is 6.09 Å². The van der Waals surface area contributed by atoms with Crippen molar-refractivity contribution >= 4 is 27.9 Å². The maximum Gasteiger partial charge on any atom is 0.410 e. The van der Waals surface area contributed by atoms with E-state index in [1.807, 2.05) is 58.3 Å². The van der Waals surface area contributed by atoms with Gasteiger partial charge in [0.15, 0.2) is 5.82 Å². The van der Waals surface area contributed by atoms with Gasteiger partial charge in [0.25, 0.3) is 5.91 Å². The van der Waals surface area contributed by atoms with Crippen LogP contribution in [-0.2, 0) is 31.0 Å². The molecule has 9 heteroatoms. The van der Waals surface area contributed by atoms with Crippen LogP contribution in [-0.4, -0.2) is 55.7 Å². The van der Waals surface area contributed by atoms with Crippen LogP contribution in [0.1, 0.15) is 48.0 Å². The molecule has 8 nitrogen and oxygen atoms in total. The van der Waals surface area contributed by atoms with E-state index in [0.717, 1.165) is 56.6 Å². The smallest absolute Gasteiger partial charge is 0.410 e. The quantitative estimate of drug-likeness (QED) is 0.489. The number of amides is 2. The normalized spacial score (nSPS) is 17.6. The molecule has 1 N–H and O–H groups in total. The van der Waals surface area contributed by atoms with E-state index in [1.165, 1.54) is 0 Å². The maximum atomic E-state index is 13.4. The Kier molecular flexibility index (Phi) is 5.09. The first kappa shape index (κ1) is 23.2. The minimum atomic E-state index is -0.552. The number of carbonyl (C=O) groups excluding carboxylic acids is 2. The van der Waals surface area contributed by atoms with Crippen LogP contribution in [0, 0.1) is 0 Å². The van der Waals surface area contributed by atoms with E-state index in [0.29, 0.717) is 25.3 Å². The molecule has 2 amide bonds. The third-order valence-corrected chi connectivity index (χ3v) is 7.68. The Balaban J connectivity index is 1.34. The number of fused-ring (bicyclic) bond motifs is 5. The van der Waals surface area contributed by atoms with Crippen LogP contribution < -0.4 is 5.32 Å². The number of ether oxygens (including phenoxy) is 1. The standard InChI is InChI=1S/C27H28BrN5O3/c1-26(2,3)36-25(35)33-13-27(14-33)11-19-20(24(34)31-27)18-9-8-16-12-29-23(15-6-5-7-17(28)10-15)30-21(16)22(18)32(19)4/h5-7,10,12H,8-9,11,13-14H2,1-4H3,(H,31,34). The van der Waals surface area contributed by atoms with E-state index in [4.69, 9.17) is 9.72 Å². The van der Waals surface area contributed by atoms with Crippen molar-refractivity contribution in [3.63, 3.8) is 0 Å². The Labute approximate surface area is 218 Å². The van der Waals surface area contributed by atoms with Crippen molar-refractivity contribution in [2.24, 2.45) is 7.05 Å². The van der Waals surface area contributed by atoms with Gasteiger partial charge in [0, 0.05) is 48.5 Å². The molecule has 186 valence electrons. The second kappa shape index (κ2) is 7.90. The Morgan fingerprint density at radius 1 is 1.22 bits per heavy atom. The van der Waals surface area contributed by atoms with Gasteiger partial charge in [-0.2, -0.15) is 0 Å². The lowest BCUT2D eigenvalue weighted by Crippen LogP contribution is -2.74. The summed E-state index contributed by atoms with van der Waals surface area (Å²) in [5, 5.41) is 3.22. The molecule has 1 spiro atoms. The predicted molar refractivity (Wildman–Crippen MR) is 139 cm³/mol. The van der Waals surface area contributed by atoms with Crippen molar-refractivity contribution in [3.8, 4) is 22.8 Å². The number of likely N-dealkylation sites (tertiary alicyclic amines) is 1. The van der Waals surface area contributed by atoms with Crippen LogP contribution in [0.4, 0.5) is 4.79 Å². The zero-order valence-corrected chi connectivity index (χ0v) is 22.4. The van der Waals surface area contributed by atoms with Gasteiger partial charge in [0.1, 0.15) is 5.60 Å². The average molecular weight is 550 g/mol. The molecule has 0 bridgehead atoms. The van der Waals surface area contributed by atoms with Crippen molar-refractivity contribution in [2.75, 3.05) is 13.1 Å². The number of rotatable bonds is 1. The number of aryl methyl sites for hydroxylation is 1. The van der Waals surface area contributed by atoms with Gasteiger partial charge in [-0.1, -0.05) is 28.1 Å². The second-order valence-electron chi connectivity index (χ2n) is 11.0. The largest absolute Gasteiger partial charge is 0.444 e. The summed E-state index contributed by atoms with van der Waals surface area (Å²) in [7, 11) is 2.02. The minimum absolute atomic E-state index is 0.0679. The maximum absolute atomic E-state index is 13.4. The molecule has 1 saturated heterocycles. The van der Waals surface area contributed by atoms with Gasteiger partial charge in [-0.25, -0.2) is 14.8 Å². The highest BCUT2D eigenvalue weighted by Gasteiger charge is 2.52. The zero-order valence-electron chi connectivity index (χ0n) is 20.8. The Morgan fingerprint density at radius 2 is 2.00 bits per heavy atom. The molecule has 1 aliphatic carbocycles. The highest BCUT2D eigenvalue weighted by Crippen LogP contribution is 2.42. The molecule has 36 heavy (non-hydrogen) atoms. The molecule has 0 unspecified atom stereocenters. The fourth-order valence-electron chi connectivity index (χ4n) is 5.64. The number of hydrogen-bond donors (Lipinski definition) is 1. The molecule has 1 fully saturated rings. The highest BCUT2D eigenvalue weighted by atomic mass is 79.9. The van der Waals surface area contributed by atoms with E-state index in [9.17, 15) is 9.59 Å². The van der Waals surface area contributed by atoms with E-state index in [1.54, 1.807) is 4.90 Å². The summed E-state index contributed by atoms with van der Waals surface area (Å²) in [6.45, 7) is 6.44. The van der Waals surface area contributed by atoms with Crippen molar-refractivity contribution in [1.82, 2.24) is 24.8 Å². The lowest BCUT2D eigenvalue weighted by Gasteiger charge is -2.51. The average Bonchev–Trinajstić information content (AvgIpc) is 3.08. The number of halogens is 1. The lowest BCUT2D eigenvalue weighted by molar-refractivity contribution is -0.0170. The van der Waals surface area contributed by atoms with Gasteiger partial charge in [-0.3, -0.25) is 4.79 Å². The third-order valence-electron chi connectivity index (χ3n) is 7.18. The van der Waals surface area contributed by atoms with Crippen molar-refractivity contribution in [1.29, 1.82) is 0 Å². The topological polar surface area (TPSA) is 89.4 Å². The number of benzene rings is 1.